The second kappa shape index (κ2) is 21.2. The number of phosphoric ester groups is 1. The van der Waals surface area contributed by atoms with Gasteiger partial charge < -0.3 is 45.6 Å². The number of aliphatic hydroxyl groups is 1. The molecule has 10 rings (SSSR count). The summed E-state index contributed by atoms with van der Waals surface area (Å²) in [5.74, 6) is 1.28. The number of amides is 2. The smallest absolute Gasteiger partial charge is 0.456 e. The SMILES string of the molecule is CCN1c2cc3c(cc2C(C)=CC1(C)C)C(c1ccccc1C(=O)N(C)CCCC(=O)NCCCCCCNc1nc2c(=O)[nH]c(N)nc2n1[C@@H]1O[C@@H]2COP(=O)(O)O[C@H]2[C@H]1O)=c1cc2c(cc1O3)=[N+](CC)C(C)(C)C=C2C. The minimum absolute atomic E-state index is 0.0394. The Balaban J connectivity index is 0.778. The standard InChI is InChI=1S/C57H71N10O10P/c1-10-65-40-27-42-38(25-36(40)32(3)29-56(65,5)6)46(39-26-37-33(4)30-57(7,8)66(11-2)41(37)28-43(39)75-42)34-19-14-15-20-35(34)52(71)64(9)24-18-21-45(68)59-22-16-12-13-17-23-60-55-61-47-50(62-54(58)63-51(47)70)67(55)53-48(69)49-44(76-53)31-74-78(72,73)77-49/h14-15,19-20,25-30,44,48-49,53,69H,10-13,16-18,21-24,31H2,1-9H3,(H5,58,59,63,68,70,71,72,73)/p+1/t44-,48-,49-,53-/m1/s1. The van der Waals surface area contributed by atoms with Gasteiger partial charge in [-0.25, -0.2) is 14.1 Å². The summed E-state index contributed by atoms with van der Waals surface area (Å²) < 4.78 is 38.9. The van der Waals surface area contributed by atoms with Crippen LogP contribution in [0.1, 0.15) is 133 Å². The quantitative estimate of drug-likeness (QED) is 0.0338. The lowest BCUT2D eigenvalue weighted by Gasteiger charge is -2.43. The van der Waals surface area contributed by atoms with E-state index in [0.717, 1.165) is 87.9 Å². The Morgan fingerprint density at radius 1 is 0.949 bits per heavy atom. The Kier molecular flexibility index (Phi) is 14.8. The van der Waals surface area contributed by atoms with Gasteiger partial charge in [0.05, 0.1) is 18.2 Å². The van der Waals surface area contributed by atoms with E-state index in [1.807, 2.05) is 24.3 Å². The van der Waals surface area contributed by atoms with Gasteiger partial charge in [0.15, 0.2) is 22.9 Å². The topological polar surface area (TPSA) is 252 Å². The highest BCUT2D eigenvalue weighted by Gasteiger charge is 2.53. The number of likely N-dealkylation sites (N-methyl/N-ethyl adjacent to an activating group) is 2. The van der Waals surface area contributed by atoms with Crippen LogP contribution >= 0.6 is 7.82 Å². The Labute approximate surface area is 453 Å². The molecule has 2 saturated heterocycles. The van der Waals surface area contributed by atoms with Crippen LogP contribution < -0.4 is 46.7 Å². The van der Waals surface area contributed by atoms with Crippen molar-refractivity contribution in [3.05, 3.63) is 109 Å². The van der Waals surface area contributed by atoms with Crippen LogP contribution in [0, 0.1) is 0 Å². The van der Waals surface area contributed by atoms with E-state index in [1.165, 1.54) is 15.7 Å². The van der Waals surface area contributed by atoms with Crippen LogP contribution in [0.3, 0.4) is 0 Å². The third kappa shape index (κ3) is 10.2. The minimum Gasteiger partial charge on any atom is -0.456 e. The van der Waals surface area contributed by atoms with Gasteiger partial charge in [-0.2, -0.15) is 4.98 Å². The molecule has 414 valence electrons. The zero-order chi connectivity index (χ0) is 55.6. The van der Waals surface area contributed by atoms with Crippen LogP contribution in [0.2, 0.25) is 0 Å². The number of unbranched alkanes of at least 4 members (excludes halogenated alkanes) is 3. The highest BCUT2D eigenvalue weighted by Crippen LogP contribution is 2.53. The summed E-state index contributed by atoms with van der Waals surface area (Å²) in [5.41, 5.74) is 13.9. The predicted molar refractivity (Wildman–Crippen MR) is 300 cm³/mol. The number of nitrogens with zero attached hydrogens (tertiary/aromatic N) is 6. The van der Waals surface area contributed by atoms with Crippen molar-refractivity contribution in [2.24, 2.45) is 0 Å². The van der Waals surface area contributed by atoms with E-state index < -0.39 is 37.9 Å². The van der Waals surface area contributed by atoms with E-state index in [9.17, 15) is 28.9 Å². The number of benzene rings is 3. The number of carbonyl (C=O) groups excluding carboxylic acids is 2. The first-order valence-corrected chi connectivity index (χ1v) is 28.6. The Morgan fingerprint density at radius 2 is 1.69 bits per heavy atom. The molecule has 0 spiro atoms. The molecule has 78 heavy (non-hydrogen) atoms. The molecule has 5 atom stereocenters. The number of nitrogens with two attached hydrogens (primary N) is 1. The van der Waals surface area contributed by atoms with Gasteiger partial charge in [-0.15, -0.1) is 0 Å². The summed E-state index contributed by atoms with van der Waals surface area (Å²) in [6.45, 7) is 20.3. The van der Waals surface area contributed by atoms with Crippen LogP contribution in [-0.2, 0) is 23.1 Å². The number of anilines is 3. The van der Waals surface area contributed by atoms with Crippen molar-refractivity contribution in [3.63, 3.8) is 0 Å². The number of hydrogen-bond donors (Lipinski definition) is 6. The van der Waals surface area contributed by atoms with Crippen LogP contribution in [0.4, 0.5) is 17.6 Å². The summed E-state index contributed by atoms with van der Waals surface area (Å²) >= 11 is 0. The molecule has 7 N–H and O–H groups in total. The zero-order valence-corrected chi connectivity index (χ0v) is 46.8. The summed E-state index contributed by atoms with van der Waals surface area (Å²) in [7, 11) is -2.59. The largest absolute Gasteiger partial charge is 0.472 e. The second-order valence-electron chi connectivity index (χ2n) is 22.0. The molecule has 3 aromatic carbocycles. The van der Waals surface area contributed by atoms with E-state index in [0.29, 0.717) is 38.0 Å². The molecule has 5 aliphatic heterocycles. The maximum atomic E-state index is 14.7. The molecule has 2 amide bonds. The third-order valence-corrected chi connectivity index (χ3v) is 16.7. The fraction of sp³-hybridized carbons (Fsp3) is 0.474. The number of aromatic nitrogens is 4. The van der Waals surface area contributed by atoms with Crippen molar-refractivity contribution in [1.29, 1.82) is 0 Å². The van der Waals surface area contributed by atoms with Crippen LogP contribution in [-0.4, -0.2) is 122 Å². The number of hydrogen-bond acceptors (Lipinski definition) is 14. The van der Waals surface area contributed by atoms with Gasteiger partial charge in [0.1, 0.15) is 36.4 Å². The van der Waals surface area contributed by atoms with Crippen LogP contribution in [0.15, 0.2) is 65.5 Å². The number of allylic oxidation sites excluding steroid dienone is 2. The Bertz CT molecular complexity index is 3550. The lowest BCUT2D eigenvalue weighted by molar-refractivity contribution is -0.121. The zero-order valence-electron chi connectivity index (χ0n) is 45.9. The summed E-state index contributed by atoms with van der Waals surface area (Å²) in [6.07, 6.45) is 3.82. The summed E-state index contributed by atoms with van der Waals surface area (Å²) in [5, 5.41) is 19.5. The van der Waals surface area contributed by atoms with E-state index in [-0.39, 0.29) is 59.0 Å². The van der Waals surface area contributed by atoms with Crippen LogP contribution in [0.5, 0.6) is 11.5 Å². The lowest BCUT2D eigenvalue weighted by atomic mass is 9.83. The van der Waals surface area contributed by atoms with Crippen molar-refractivity contribution >= 4 is 65.1 Å². The molecule has 2 fully saturated rings. The highest BCUT2D eigenvalue weighted by molar-refractivity contribution is 7.47. The fourth-order valence-corrected chi connectivity index (χ4v) is 13.1. The fourth-order valence-electron chi connectivity index (χ4n) is 12.2. The molecule has 21 heteroatoms. The van der Waals surface area contributed by atoms with Crippen LogP contribution in [0.25, 0.3) is 27.9 Å². The first-order valence-electron chi connectivity index (χ1n) is 27.1. The number of H-pyrrole nitrogens is 1. The molecule has 0 bridgehead atoms. The summed E-state index contributed by atoms with van der Waals surface area (Å²) in [4.78, 5) is 65.6. The van der Waals surface area contributed by atoms with Crippen molar-refractivity contribution < 1.29 is 42.7 Å². The van der Waals surface area contributed by atoms with E-state index in [2.05, 4.69) is 127 Å². The number of aliphatic hydroxyl groups excluding tert-OH is 1. The maximum Gasteiger partial charge on any atom is 0.472 e. The third-order valence-electron chi connectivity index (χ3n) is 15.7. The van der Waals surface area contributed by atoms with E-state index in [4.69, 9.17) is 24.3 Å². The number of nitrogens with one attached hydrogen (secondary N) is 3. The minimum atomic E-state index is -4.38. The van der Waals surface area contributed by atoms with E-state index >= 15 is 0 Å². The molecule has 1 unspecified atom stereocenters. The number of nitrogen functional groups attached to an aromatic ring is 1. The molecule has 5 aromatic rings. The van der Waals surface area contributed by atoms with Crippen molar-refractivity contribution in [3.8, 4) is 11.5 Å². The number of imidazole rings is 1. The van der Waals surface area contributed by atoms with Gasteiger partial charge in [0.25, 0.3) is 11.5 Å². The molecule has 0 saturated carbocycles. The molecule has 0 aliphatic carbocycles. The number of carbonyl (C=O) groups is 2. The monoisotopic (exact) mass is 1090 g/mol. The van der Waals surface area contributed by atoms with Gasteiger partial charge in [-0.1, -0.05) is 37.1 Å². The Morgan fingerprint density at radius 3 is 2.45 bits per heavy atom. The number of ether oxygens (including phenoxy) is 2. The average Bonchev–Trinajstić information content (AvgIpc) is 4.04. The molecule has 7 heterocycles. The molecule has 2 aromatic heterocycles. The van der Waals surface area contributed by atoms with Gasteiger partial charge in [-0.05, 0) is 102 Å². The van der Waals surface area contributed by atoms with E-state index in [1.54, 1.807) is 11.9 Å². The number of aromatic amines is 1. The van der Waals surface area contributed by atoms with Crippen molar-refractivity contribution in [2.75, 3.05) is 62.3 Å². The van der Waals surface area contributed by atoms with Crippen molar-refractivity contribution in [2.45, 2.75) is 130 Å². The Hall–Kier alpha value is -6.67. The predicted octanol–water partition coefficient (Wildman–Crippen LogP) is 6.20. The first kappa shape index (κ1) is 54.7. The van der Waals surface area contributed by atoms with Crippen molar-refractivity contribution in [1.82, 2.24) is 34.3 Å². The molecule has 5 aliphatic rings. The van der Waals surface area contributed by atoms with Gasteiger partial charge in [0, 0.05) is 98.3 Å². The average molecular weight is 1090 g/mol. The normalized spacial score (nSPS) is 22.6. The summed E-state index contributed by atoms with van der Waals surface area (Å²) in [6, 6.07) is 16.7. The number of phosphoric acid groups is 1. The lowest BCUT2D eigenvalue weighted by Crippen LogP contribution is -2.49. The molecule has 0 radical (unpaired) electrons. The molecular weight excluding hydrogens is 1020 g/mol. The van der Waals surface area contributed by atoms with Gasteiger partial charge in [-0.3, -0.25) is 33.0 Å². The maximum absolute atomic E-state index is 14.7. The number of rotatable bonds is 17. The second-order valence-corrected chi connectivity index (χ2v) is 23.5. The molecular formula is C57H72N10O10P+. The van der Waals surface area contributed by atoms with Gasteiger partial charge >= 0.3 is 7.82 Å². The first-order chi connectivity index (χ1) is 37.1. The number of fused-ring (bicyclic) bond motifs is 6. The van der Waals surface area contributed by atoms with Gasteiger partial charge in [0.2, 0.25) is 23.2 Å². The molecule has 20 nitrogen and oxygen atoms in total. The highest BCUT2D eigenvalue weighted by atomic mass is 31.2.